The van der Waals surface area contributed by atoms with Crippen LogP contribution in [0, 0.1) is 0 Å². The molecule has 29 heavy (non-hydrogen) atoms. The zero-order valence-electron chi connectivity index (χ0n) is 16.4. The Labute approximate surface area is 170 Å². The molecule has 0 aliphatic rings. The smallest absolute Gasteiger partial charge is 0.259 e. The van der Waals surface area contributed by atoms with Crippen molar-refractivity contribution < 1.29 is 14.3 Å². The van der Waals surface area contributed by atoms with E-state index in [4.69, 9.17) is 4.74 Å². The van der Waals surface area contributed by atoms with E-state index in [0.717, 1.165) is 6.42 Å². The number of ether oxygens (including phenoxy) is 1. The molecule has 0 spiro atoms. The molecule has 0 aliphatic heterocycles. The number of para-hydroxylation sites is 2. The summed E-state index contributed by atoms with van der Waals surface area (Å²) in [6.45, 7) is 2.82. The Morgan fingerprint density at radius 3 is 2.21 bits per heavy atom. The number of carbonyl (C=O) groups is 2. The molecular weight excluding hydrogens is 364 g/mol. The lowest BCUT2D eigenvalue weighted by atomic mass is 10.1. The van der Waals surface area contributed by atoms with E-state index >= 15 is 0 Å². The van der Waals surface area contributed by atoms with Gasteiger partial charge in [0.15, 0.2) is 0 Å². The van der Waals surface area contributed by atoms with E-state index in [1.807, 2.05) is 43.3 Å². The third-order valence-corrected chi connectivity index (χ3v) is 4.38. The lowest BCUT2D eigenvalue weighted by molar-refractivity contribution is 0.0956. The molecule has 5 heteroatoms. The predicted octanol–water partition coefficient (Wildman–Crippen LogP) is 4.31. The molecule has 0 fully saturated rings. The normalized spacial score (nSPS) is 10.2. The van der Waals surface area contributed by atoms with Crippen LogP contribution in [0.15, 0.2) is 78.9 Å². The Morgan fingerprint density at radius 1 is 0.793 bits per heavy atom. The Hall–Kier alpha value is -3.60. The molecule has 0 aliphatic carbocycles. The van der Waals surface area contributed by atoms with Gasteiger partial charge in [0.2, 0.25) is 0 Å². The second kappa shape index (κ2) is 10.1. The highest BCUT2D eigenvalue weighted by atomic mass is 16.5. The highest BCUT2D eigenvalue weighted by Gasteiger charge is 2.16. The Morgan fingerprint density at radius 2 is 1.45 bits per heavy atom. The van der Waals surface area contributed by atoms with Crippen molar-refractivity contribution in [3.63, 3.8) is 0 Å². The molecule has 2 N–H and O–H groups in total. The fraction of sp³-hybridized carbons (Fsp3) is 0.167. The molecule has 0 bridgehead atoms. The van der Waals surface area contributed by atoms with Crippen LogP contribution in [0.1, 0.15) is 33.2 Å². The SMILES string of the molecule is CCNC(=O)c1ccccc1NC(=O)c1ccccc1OCCc1ccccc1. The first-order chi connectivity index (χ1) is 14.2. The van der Waals surface area contributed by atoms with Crippen molar-refractivity contribution >= 4 is 17.5 Å². The predicted molar refractivity (Wildman–Crippen MR) is 114 cm³/mol. The molecule has 3 rings (SSSR count). The highest BCUT2D eigenvalue weighted by Crippen LogP contribution is 2.22. The number of anilines is 1. The molecule has 0 radical (unpaired) electrons. The lowest BCUT2D eigenvalue weighted by Gasteiger charge is -2.14. The molecule has 3 aromatic carbocycles. The molecule has 0 unspecified atom stereocenters. The van der Waals surface area contributed by atoms with Gasteiger partial charge in [0.05, 0.1) is 23.4 Å². The number of amides is 2. The first-order valence-corrected chi connectivity index (χ1v) is 9.63. The number of hydrogen-bond donors (Lipinski definition) is 2. The van der Waals surface area contributed by atoms with Crippen molar-refractivity contribution in [1.29, 1.82) is 0 Å². The van der Waals surface area contributed by atoms with Crippen molar-refractivity contribution in [2.75, 3.05) is 18.5 Å². The molecule has 3 aromatic rings. The van der Waals surface area contributed by atoms with Crippen LogP contribution in [0.4, 0.5) is 5.69 Å². The summed E-state index contributed by atoms with van der Waals surface area (Å²) in [4.78, 5) is 25.1. The summed E-state index contributed by atoms with van der Waals surface area (Å²) in [7, 11) is 0. The molecule has 0 aromatic heterocycles. The maximum Gasteiger partial charge on any atom is 0.259 e. The summed E-state index contributed by atoms with van der Waals surface area (Å²) in [5.41, 5.74) is 2.48. The molecule has 2 amide bonds. The molecule has 0 saturated carbocycles. The third-order valence-electron chi connectivity index (χ3n) is 4.38. The summed E-state index contributed by atoms with van der Waals surface area (Å²) in [6, 6.07) is 24.1. The summed E-state index contributed by atoms with van der Waals surface area (Å²) < 4.78 is 5.88. The van der Waals surface area contributed by atoms with Gasteiger partial charge in [-0.3, -0.25) is 9.59 Å². The van der Waals surface area contributed by atoms with Gasteiger partial charge in [0, 0.05) is 13.0 Å². The van der Waals surface area contributed by atoms with Gasteiger partial charge in [0.25, 0.3) is 11.8 Å². The Balaban J connectivity index is 1.71. The average molecular weight is 388 g/mol. The van der Waals surface area contributed by atoms with Crippen molar-refractivity contribution in [3.05, 3.63) is 95.6 Å². The van der Waals surface area contributed by atoms with Crippen LogP contribution >= 0.6 is 0 Å². The van der Waals surface area contributed by atoms with Gasteiger partial charge < -0.3 is 15.4 Å². The Bertz CT molecular complexity index is 971. The number of hydrogen-bond acceptors (Lipinski definition) is 3. The van der Waals surface area contributed by atoms with Gasteiger partial charge in [-0.25, -0.2) is 0 Å². The highest BCUT2D eigenvalue weighted by molar-refractivity contribution is 6.10. The first kappa shape index (κ1) is 20.1. The van der Waals surface area contributed by atoms with E-state index in [2.05, 4.69) is 10.6 Å². The maximum atomic E-state index is 12.9. The van der Waals surface area contributed by atoms with Crippen LogP contribution in [-0.4, -0.2) is 25.0 Å². The van der Waals surface area contributed by atoms with Gasteiger partial charge in [-0.1, -0.05) is 54.6 Å². The molecule has 148 valence electrons. The van der Waals surface area contributed by atoms with E-state index in [1.54, 1.807) is 42.5 Å². The van der Waals surface area contributed by atoms with Crippen LogP contribution in [-0.2, 0) is 6.42 Å². The molecular formula is C24H24N2O3. The summed E-state index contributed by atoms with van der Waals surface area (Å²) in [5.74, 6) is -0.0377. The molecule has 5 nitrogen and oxygen atoms in total. The van der Waals surface area contributed by atoms with Crippen LogP contribution in [0.5, 0.6) is 5.75 Å². The van der Waals surface area contributed by atoms with Crippen molar-refractivity contribution in [3.8, 4) is 5.75 Å². The minimum absolute atomic E-state index is 0.226. The van der Waals surface area contributed by atoms with Crippen LogP contribution in [0.25, 0.3) is 0 Å². The van der Waals surface area contributed by atoms with E-state index < -0.39 is 0 Å². The van der Waals surface area contributed by atoms with Crippen molar-refractivity contribution in [2.45, 2.75) is 13.3 Å². The molecule has 0 heterocycles. The minimum Gasteiger partial charge on any atom is -0.492 e. The van der Waals surface area contributed by atoms with E-state index in [1.165, 1.54) is 5.56 Å². The van der Waals surface area contributed by atoms with Gasteiger partial charge in [-0.15, -0.1) is 0 Å². The number of carbonyl (C=O) groups excluding carboxylic acids is 2. The maximum absolute atomic E-state index is 12.9. The van der Waals surface area contributed by atoms with E-state index in [-0.39, 0.29) is 11.8 Å². The fourth-order valence-electron chi connectivity index (χ4n) is 2.94. The fourth-order valence-corrected chi connectivity index (χ4v) is 2.94. The summed E-state index contributed by atoms with van der Waals surface area (Å²) in [5, 5.41) is 5.59. The first-order valence-electron chi connectivity index (χ1n) is 9.63. The van der Waals surface area contributed by atoms with Gasteiger partial charge in [-0.05, 0) is 36.8 Å². The van der Waals surface area contributed by atoms with E-state index in [9.17, 15) is 9.59 Å². The van der Waals surface area contributed by atoms with Gasteiger partial charge >= 0.3 is 0 Å². The van der Waals surface area contributed by atoms with Crippen LogP contribution < -0.4 is 15.4 Å². The second-order valence-electron chi connectivity index (χ2n) is 6.44. The zero-order chi connectivity index (χ0) is 20.5. The van der Waals surface area contributed by atoms with Crippen LogP contribution in [0.2, 0.25) is 0 Å². The van der Waals surface area contributed by atoms with Crippen molar-refractivity contribution in [1.82, 2.24) is 5.32 Å². The van der Waals surface area contributed by atoms with Crippen molar-refractivity contribution in [2.24, 2.45) is 0 Å². The van der Waals surface area contributed by atoms with Crippen LogP contribution in [0.3, 0.4) is 0 Å². The van der Waals surface area contributed by atoms with E-state index in [0.29, 0.717) is 35.7 Å². The average Bonchev–Trinajstić information content (AvgIpc) is 2.75. The minimum atomic E-state index is -0.322. The third kappa shape index (κ3) is 5.45. The monoisotopic (exact) mass is 388 g/mol. The topological polar surface area (TPSA) is 67.4 Å². The molecule has 0 atom stereocenters. The molecule has 0 saturated heterocycles. The summed E-state index contributed by atoms with van der Waals surface area (Å²) in [6.07, 6.45) is 0.747. The van der Waals surface area contributed by atoms with Gasteiger partial charge in [-0.2, -0.15) is 0 Å². The number of benzene rings is 3. The Kier molecular flexibility index (Phi) is 7.00. The largest absolute Gasteiger partial charge is 0.492 e. The number of rotatable bonds is 8. The quantitative estimate of drug-likeness (QED) is 0.604. The number of nitrogens with one attached hydrogen (secondary N) is 2. The summed E-state index contributed by atoms with van der Waals surface area (Å²) >= 11 is 0. The lowest BCUT2D eigenvalue weighted by Crippen LogP contribution is -2.25. The van der Waals surface area contributed by atoms with Gasteiger partial charge in [0.1, 0.15) is 5.75 Å². The zero-order valence-corrected chi connectivity index (χ0v) is 16.4. The standard InChI is InChI=1S/C24H24N2O3/c1-2-25-23(27)19-12-6-8-14-21(19)26-24(28)20-13-7-9-15-22(20)29-17-16-18-10-4-3-5-11-18/h3-15H,2,16-17H2,1H3,(H,25,27)(H,26,28). The second-order valence-corrected chi connectivity index (χ2v) is 6.44.